The number of hydrogen-bond acceptors (Lipinski definition) is 4. The van der Waals surface area contributed by atoms with Crippen molar-refractivity contribution in [3.8, 4) is 6.07 Å². The van der Waals surface area contributed by atoms with E-state index in [9.17, 15) is 14.7 Å². The molecule has 1 atom stereocenters. The van der Waals surface area contributed by atoms with Crippen LogP contribution < -0.4 is 5.32 Å². The van der Waals surface area contributed by atoms with Crippen LogP contribution in [0.1, 0.15) is 32.6 Å². The molecule has 0 bridgehead atoms. The average Bonchev–Trinajstić information content (AvgIpc) is 2.71. The first-order valence-electron chi connectivity index (χ1n) is 6.19. The van der Waals surface area contributed by atoms with Gasteiger partial charge in [-0.3, -0.25) is 14.5 Å². The van der Waals surface area contributed by atoms with E-state index in [1.807, 2.05) is 13.0 Å². The van der Waals surface area contributed by atoms with Gasteiger partial charge < -0.3 is 10.4 Å². The van der Waals surface area contributed by atoms with Gasteiger partial charge in [0.15, 0.2) is 0 Å². The standard InChI is InChI=1S/C12H19N3O3/c1-2-4-12(11(17)18)5-3-8-15(12)9-10(16)14-7-6-13/h2-5,7-9H2,1H3,(H,14,16)(H,17,18). The molecule has 0 spiro atoms. The summed E-state index contributed by atoms with van der Waals surface area (Å²) in [6.45, 7) is 2.57. The molecule has 1 rings (SSSR count). The number of carboxylic acids is 1. The molecule has 6 nitrogen and oxygen atoms in total. The maximum absolute atomic E-state index is 11.6. The van der Waals surface area contributed by atoms with Crippen molar-refractivity contribution in [2.75, 3.05) is 19.6 Å². The first-order chi connectivity index (χ1) is 8.56. The zero-order chi connectivity index (χ0) is 13.6. The summed E-state index contributed by atoms with van der Waals surface area (Å²) in [5.74, 6) is -1.14. The largest absolute Gasteiger partial charge is 0.480 e. The summed E-state index contributed by atoms with van der Waals surface area (Å²) in [4.78, 5) is 24.8. The van der Waals surface area contributed by atoms with Gasteiger partial charge in [-0.15, -0.1) is 0 Å². The van der Waals surface area contributed by atoms with Crippen molar-refractivity contribution < 1.29 is 14.7 Å². The van der Waals surface area contributed by atoms with Gasteiger partial charge >= 0.3 is 5.97 Å². The lowest BCUT2D eigenvalue weighted by Crippen LogP contribution is -2.53. The Morgan fingerprint density at radius 1 is 1.56 bits per heavy atom. The van der Waals surface area contributed by atoms with Gasteiger partial charge in [-0.25, -0.2) is 0 Å². The van der Waals surface area contributed by atoms with Crippen molar-refractivity contribution >= 4 is 11.9 Å². The number of aliphatic carboxylic acids is 1. The van der Waals surface area contributed by atoms with Crippen LogP contribution in [0.4, 0.5) is 0 Å². The van der Waals surface area contributed by atoms with Gasteiger partial charge in [0, 0.05) is 0 Å². The van der Waals surface area contributed by atoms with Crippen molar-refractivity contribution in [1.82, 2.24) is 10.2 Å². The Labute approximate surface area is 107 Å². The maximum atomic E-state index is 11.6. The summed E-state index contributed by atoms with van der Waals surface area (Å²) >= 11 is 0. The van der Waals surface area contributed by atoms with Crippen LogP contribution in [-0.4, -0.2) is 47.1 Å². The van der Waals surface area contributed by atoms with Crippen molar-refractivity contribution in [1.29, 1.82) is 5.26 Å². The van der Waals surface area contributed by atoms with E-state index >= 15 is 0 Å². The smallest absolute Gasteiger partial charge is 0.324 e. The van der Waals surface area contributed by atoms with E-state index in [2.05, 4.69) is 5.32 Å². The molecule has 1 heterocycles. The van der Waals surface area contributed by atoms with E-state index in [0.717, 1.165) is 12.8 Å². The van der Waals surface area contributed by atoms with Crippen molar-refractivity contribution in [3.05, 3.63) is 0 Å². The van der Waals surface area contributed by atoms with Crippen LogP contribution in [0.3, 0.4) is 0 Å². The number of carbonyl (C=O) groups excluding carboxylic acids is 1. The molecule has 0 aliphatic carbocycles. The fourth-order valence-electron chi connectivity index (χ4n) is 2.58. The number of nitrogens with one attached hydrogen (secondary N) is 1. The van der Waals surface area contributed by atoms with Gasteiger partial charge in [0.2, 0.25) is 5.91 Å². The van der Waals surface area contributed by atoms with E-state index in [1.54, 1.807) is 4.90 Å². The molecule has 1 fully saturated rings. The summed E-state index contributed by atoms with van der Waals surface area (Å²) in [5, 5.41) is 20.3. The van der Waals surface area contributed by atoms with E-state index in [1.165, 1.54) is 0 Å². The molecule has 0 saturated carbocycles. The average molecular weight is 253 g/mol. The number of nitriles is 1. The Morgan fingerprint density at radius 2 is 2.28 bits per heavy atom. The van der Waals surface area contributed by atoms with Crippen LogP contribution in [-0.2, 0) is 9.59 Å². The topological polar surface area (TPSA) is 93.4 Å². The van der Waals surface area contributed by atoms with E-state index in [-0.39, 0.29) is 19.0 Å². The second kappa shape index (κ2) is 6.36. The highest BCUT2D eigenvalue weighted by atomic mass is 16.4. The number of carboxylic acid groups (broad SMARTS) is 1. The third-order valence-corrected chi connectivity index (χ3v) is 3.38. The summed E-state index contributed by atoms with van der Waals surface area (Å²) in [6, 6.07) is 1.83. The zero-order valence-corrected chi connectivity index (χ0v) is 10.6. The highest BCUT2D eigenvalue weighted by molar-refractivity contribution is 5.82. The number of carbonyl (C=O) groups is 2. The highest BCUT2D eigenvalue weighted by Crippen LogP contribution is 2.33. The molecule has 0 radical (unpaired) electrons. The van der Waals surface area contributed by atoms with Crippen LogP contribution in [0.25, 0.3) is 0 Å². The van der Waals surface area contributed by atoms with Gasteiger partial charge in [0.05, 0.1) is 12.6 Å². The lowest BCUT2D eigenvalue weighted by atomic mass is 9.90. The Bertz CT molecular complexity index is 364. The van der Waals surface area contributed by atoms with Gasteiger partial charge in [-0.05, 0) is 25.8 Å². The molecule has 1 amide bonds. The molecule has 2 N–H and O–H groups in total. The predicted octanol–water partition coefficient (Wildman–Crippen LogP) is 0.345. The molecule has 1 saturated heterocycles. The normalized spacial score (nSPS) is 23.6. The van der Waals surface area contributed by atoms with Crippen molar-refractivity contribution in [3.63, 3.8) is 0 Å². The fourth-order valence-corrected chi connectivity index (χ4v) is 2.58. The molecular formula is C12H19N3O3. The van der Waals surface area contributed by atoms with Crippen LogP contribution >= 0.6 is 0 Å². The Hall–Kier alpha value is -1.61. The Balaban J connectivity index is 2.71. The number of amides is 1. The van der Waals surface area contributed by atoms with Gasteiger partial charge in [0.25, 0.3) is 0 Å². The van der Waals surface area contributed by atoms with Crippen LogP contribution in [0.5, 0.6) is 0 Å². The molecule has 1 aliphatic rings. The molecule has 0 aromatic heterocycles. The fraction of sp³-hybridized carbons (Fsp3) is 0.750. The molecule has 18 heavy (non-hydrogen) atoms. The van der Waals surface area contributed by atoms with Crippen LogP contribution in [0, 0.1) is 11.3 Å². The van der Waals surface area contributed by atoms with Crippen LogP contribution in [0.15, 0.2) is 0 Å². The van der Waals surface area contributed by atoms with E-state index in [4.69, 9.17) is 5.26 Å². The van der Waals surface area contributed by atoms with E-state index < -0.39 is 11.5 Å². The minimum Gasteiger partial charge on any atom is -0.480 e. The Morgan fingerprint density at radius 3 is 2.83 bits per heavy atom. The van der Waals surface area contributed by atoms with Crippen molar-refractivity contribution in [2.45, 2.75) is 38.1 Å². The summed E-state index contributed by atoms with van der Waals surface area (Å²) in [5.41, 5.74) is -0.904. The lowest BCUT2D eigenvalue weighted by molar-refractivity contribution is -0.151. The Kier molecular flexibility index (Phi) is 5.10. The summed E-state index contributed by atoms with van der Waals surface area (Å²) in [6.07, 6.45) is 2.69. The summed E-state index contributed by atoms with van der Waals surface area (Å²) in [7, 11) is 0. The maximum Gasteiger partial charge on any atom is 0.324 e. The number of nitrogens with zero attached hydrogens (tertiary/aromatic N) is 2. The van der Waals surface area contributed by atoms with Gasteiger partial charge in [0.1, 0.15) is 12.1 Å². The monoisotopic (exact) mass is 253 g/mol. The van der Waals surface area contributed by atoms with Gasteiger partial charge in [-0.2, -0.15) is 5.26 Å². The third kappa shape index (κ3) is 2.99. The molecule has 1 unspecified atom stereocenters. The van der Waals surface area contributed by atoms with Crippen LogP contribution in [0.2, 0.25) is 0 Å². The second-order valence-corrected chi connectivity index (χ2v) is 4.55. The first kappa shape index (κ1) is 14.5. The molecule has 0 aromatic rings. The highest BCUT2D eigenvalue weighted by Gasteiger charge is 2.47. The lowest BCUT2D eigenvalue weighted by Gasteiger charge is -2.34. The number of hydrogen-bond donors (Lipinski definition) is 2. The molecular weight excluding hydrogens is 234 g/mol. The van der Waals surface area contributed by atoms with Gasteiger partial charge in [-0.1, -0.05) is 13.3 Å². The second-order valence-electron chi connectivity index (χ2n) is 4.55. The zero-order valence-electron chi connectivity index (χ0n) is 10.6. The molecule has 0 aromatic carbocycles. The number of rotatable bonds is 6. The minimum atomic E-state index is -0.904. The predicted molar refractivity (Wildman–Crippen MR) is 64.7 cm³/mol. The number of likely N-dealkylation sites (tertiary alicyclic amines) is 1. The molecule has 1 aliphatic heterocycles. The minimum absolute atomic E-state index is 0.0411. The molecule has 6 heteroatoms. The van der Waals surface area contributed by atoms with E-state index in [0.29, 0.717) is 19.4 Å². The quantitative estimate of drug-likeness (QED) is 0.666. The summed E-state index contributed by atoms with van der Waals surface area (Å²) < 4.78 is 0. The SMILES string of the molecule is CCCC1(C(=O)O)CCCN1CC(=O)NCC#N. The third-order valence-electron chi connectivity index (χ3n) is 3.38. The van der Waals surface area contributed by atoms with Crippen molar-refractivity contribution in [2.24, 2.45) is 0 Å². The molecule has 100 valence electrons. The first-order valence-corrected chi connectivity index (χ1v) is 6.19.